The monoisotopic (exact) mass is 945 g/mol. The molecule has 0 amide bonds. The van der Waals surface area contributed by atoms with E-state index >= 15 is 0 Å². The highest BCUT2D eigenvalue weighted by atomic mass is 32.1. The smallest absolute Gasteiger partial charge is 0.0462 e. The van der Waals surface area contributed by atoms with Crippen LogP contribution in [0, 0.1) is 6.92 Å². The summed E-state index contributed by atoms with van der Waals surface area (Å²) in [6, 6.07) is 78.9. The van der Waals surface area contributed by atoms with Gasteiger partial charge in [0.25, 0.3) is 0 Å². The molecule has 0 bridgehead atoms. The summed E-state index contributed by atoms with van der Waals surface area (Å²) in [5, 5.41) is 0. The number of nitrogens with zero attached hydrogens (tertiary/aromatic N) is 2. The second-order valence-corrected chi connectivity index (χ2v) is 15.8. The SMILES string of the molecule is CC.CC.CC.CC.CC.CC.Cc1ccc(-c2sc(-c3ccc(N(c4ccccc4)c4ccc(Cc5ccc(N(C)c6ccccc6)cc5)cc4)cc3)c(-c3ccccc3)c2-c2ccccc2)cc1. The summed E-state index contributed by atoms with van der Waals surface area (Å²) in [4.78, 5) is 7.12. The molecule has 0 aliphatic carbocycles. The van der Waals surface area contributed by atoms with E-state index in [4.69, 9.17) is 0 Å². The van der Waals surface area contributed by atoms with Crippen molar-refractivity contribution < 1.29 is 0 Å². The minimum Gasteiger partial charge on any atom is -0.345 e. The zero-order valence-corrected chi connectivity index (χ0v) is 45.6. The van der Waals surface area contributed by atoms with Gasteiger partial charge in [-0.1, -0.05) is 246 Å². The molecule has 0 unspecified atom stereocenters. The topological polar surface area (TPSA) is 6.48 Å². The molecule has 1 aromatic heterocycles. The van der Waals surface area contributed by atoms with Crippen LogP contribution >= 0.6 is 11.3 Å². The van der Waals surface area contributed by atoms with Crippen LogP contribution in [-0.4, -0.2) is 7.05 Å². The summed E-state index contributed by atoms with van der Waals surface area (Å²) < 4.78 is 0. The lowest BCUT2D eigenvalue weighted by molar-refractivity contribution is 1.16. The fraction of sp³-hybridized carbons (Fsp3) is 0.224. The average Bonchev–Trinajstić information content (AvgIpc) is 3.87. The highest BCUT2D eigenvalue weighted by Crippen LogP contribution is 2.52. The van der Waals surface area contributed by atoms with Crippen molar-refractivity contribution in [1.29, 1.82) is 0 Å². The van der Waals surface area contributed by atoms with Crippen LogP contribution in [0.2, 0.25) is 0 Å². The molecule has 9 rings (SSSR count). The van der Waals surface area contributed by atoms with Gasteiger partial charge in [0.15, 0.2) is 0 Å². The molecule has 9 aromatic rings. The number of thiophene rings is 1. The summed E-state index contributed by atoms with van der Waals surface area (Å²) in [5.41, 5.74) is 17.0. The predicted octanol–water partition coefficient (Wildman–Crippen LogP) is 21.7. The van der Waals surface area contributed by atoms with Crippen LogP contribution in [0.25, 0.3) is 43.1 Å². The molecule has 0 N–H and O–H groups in total. The van der Waals surface area contributed by atoms with E-state index in [0.717, 1.165) is 23.5 Å². The van der Waals surface area contributed by atoms with E-state index < -0.39 is 0 Å². The van der Waals surface area contributed by atoms with Crippen LogP contribution in [0.4, 0.5) is 28.4 Å². The van der Waals surface area contributed by atoms with Crippen LogP contribution in [-0.2, 0) is 6.42 Å². The van der Waals surface area contributed by atoms with Gasteiger partial charge >= 0.3 is 0 Å². The van der Waals surface area contributed by atoms with E-state index in [9.17, 15) is 0 Å². The van der Waals surface area contributed by atoms with Crippen molar-refractivity contribution >= 4 is 39.8 Å². The summed E-state index contributed by atoms with van der Waals surface area (Å²) >= 11 is 1.88. The van der Waals surface area contributed by atoms with Crippen molar-refractivity contribution in [3.8, 4) is 43.1 Å². The zero-order chi connectivity index (χ0) is 51.3. The average molecular weight is 945 g/mol. The van der Waals surface area contributed by atoms with Gasteiger partial charge in [-0.3, -0.25) is 0 Å². The maximum absolute atomic E-state index is 2.35. The second-order valence-electron chi connectivity index (χ2n) is 14.7. The lowest BCUT2D eigenvalue weighted by atomic mass is 9.91. The molecule has 0 saturated carbocycles. The Kier molecular flexibility index (Phi) is 26.2. The maximum Gasteiger partial charge on any atom is 0.0462 e. The van der Waals surface area contributed by atoms with E-state index in [2.05, 4.69) is 242 Å². The summed E-state index contributed by atoms with van der Waals surface area (Å²) in [5.74, 6) is 0. The number of rotatable bonds is 11. The largest absolute Gasteiger partial charge is 0.345 e. The van der Waals surface area contributed by atoms with Crippen LogP contribution in [0.5, 0.6) is 0 Å². The van der Waals surface area contributed by atoms with E-state index in [1.807, 2.05) is 94.4 Å². The van der Waals surface area contributed by atoms with E-state index in [1.54, 1.807) is 0 Å². The van der Waals surface area contributed by atoms with Crippen molar-refractivity contribution in [3.05, 3.63) is 235 Å². The van der Waals surface area contributed by atoms with Gasteiger partial charge in [-0.25, -0.2) is 0 Å². The van der Waals surface area contributed by atoms with Crippen LogP contribution < -0.4 is 9.80 Å². The molecule has 0 fully saturated rings. The molecule has 0 spiro atoms. The lowest BCUT2D eigenvalue weighted by Gasteiger charge is -2.26. The third-order valence-electron chi connectivity index (χ3n) is 10.8. The van der Waals surface area contributed by atoms with Crippen molar-refractivity contribution in [1.82, 2.24) is 0 Å². The van der Waals surface area contributed by atoms with Crippen LogP contribution in [0.15, 0.2) is 218 Å². The number of benzene rings is 8. The number of aryl methyl sites for hydroxylation is 1. The number of anilines is 5. The highest BCUT2D eigenvalue weighted by molar-refractivity contribution is 7.20. The fourth-order valence-corrected chi connectivity index (χ4v) is 9.08. The Morgan fingerprint density at radius 2 is 0.586 bits per heavy atom. The Hall–Kier alpha value is -6.94. The van der Waals surface area contributed by atoms with Gasteiger partial charge in [-0.15, -0.1) is 11.3 Å². The van der Waals surface area contributed by atoms with Crippen molar-refractivity contribution in [2.45, 2.75) is 96.4 Å². The van der Waals surface area contributed by atoms with E-state index in [0.29, 0.717) is 0 Å². The van der Waals surface area contributed by atoms with Crippen molar-refractivity contribution in [2.24, 2.45) is 0 Å². The van der Waals surface area contributed by atoms with Gasteiger partial charge in [0, 0.05) is 56.4 Å². The Labute approximate surface area is 429 Å². The van der Waals surface area contributed by atoms with Crippen LogP contribution in [0.3, 0.4) is 0 Å². The second kappa shape index (κ2) is 32.0. The first kappa shape index (κ1) is 57.4. The third kappa shape index (κ3) is 15.0. The Bertz CT molecular complexity index is 2710. The van der Waals surface area contributed by atoms with Crippen molar-refractivity contribution in [2.75, 3.05) is 16.8 Å². The molecule has 364 valence electrons. The number of hydrogen-bond acceptors (Lipinski definition) is 3. The number of para-hydroxylation sites is 2. The van der Waals surface area contributed by atoms with E-state index in [1.165, 1.54) is 71.2 Å². The molecule has 0 radical (unpaired) electrons. The quantitative estimate of drug-likeness (QED) is 0.127. The van der Waals surface area contributed by atoms with Crippen LogP contribution in [0.1, 0.15) is 99.8 Å². The fourth-order valence-electron chi connectivity index (χ4n) is 7.73. The first-order valence-electron chi connectivity index (χ1n) is 25.9. The highest BCUT2D eigenvalue weighted by Gasteiger charge is 2.23. The van der Waals surface area contributed by atoms with Gasteiger partial charge in [0.1, 0.15) is 0 Å². The molecule has 0 aliphatic rings. The Balaban J connectivity index is 0.00000101. The maximum atomic E-state index is 2.35. The molecule has 8 aromatic carbocycles. The molecule has 0 saturated heterocycles. The standard InChI is InChI=1S/C55H44N2S.6C2H6/c1-40-23-29-45(30-24-40)54-52(43-15-7-3-8-16-43)53(44-17-9-4-10-18-44)55(58-54)46-31-37-51(38-32-46)57(49-21-13-6-14-22-49)50-35-27-42(28-36-50)39-41-25-33-48(34-26-41)56(2)47-19-11-5-12-20-47;6*1-2/h3-38H,39H2,1-2H3;6*1-2H3. The first-order valence-corrected chi connectivity index (χ1v) is 26.7. The molecule has 2 nitrogen and oxygen atoms in total. The van der Waals surface area contributed by atoms with Gasteiger partial charge in [0.05, 0.1) is 0 Å². The summed E-state index contributed by atoms with van der Waals surface area (Å²) in [6.07, 6.45) is 0.871. The molecular formula is C67H80N2S. The summed E-state index contributed by atoms with van der Waals surface area (Å²) in [6.45, 7) is 26.2. The van der Waals surface area contributed by atoms with Gasteiger partial charge in [-0.05, 0) is 107 Å². The molecule has 3 heteroatoms. The lowest BCUT2D eigenvalue weighted by Crippen LogP contribution is -2.10. The van der Waals surface area contributed by atoms with Gasteiger partial charge in [-0.2, -0.15) is 0 Å². The summed E-state index contributed by atoms with van der Waals surface area (Å²) in [7, 11) is 2.11. The molecule has 0 aliphatic heterocycles. The minimum atomic E-state index is 0.871. The number of hydrogen-bond donors (Lipinski definition) is 0. The first-order chi connectivity index (χ1) is 34.6. The Morgan fingerprint density at radius 1 is 0.300 bits per heavy atom. The van der Waals surface area contributed by atoms with Gasteiger partial charge < -0.3 is 9.80 Å². The third-order valence-corrected chi connectivity index (χ3v) is 12.1. The van der Waals surface area contributed by atoms with Crippen molar-refractivity contribution in [3.63, 3.8) is 0 Å². The van der Waals surface area contributed by atoms with E-state index in [-0.39, 0.29) is 0 Å². The van der Waals surface area contributed by atoms with Gasteiger partial charge in [0.2, 0.25) is 0 Å². The normalized spacial score (nSPS) is 9.63. The molecule has 0 atom stereocenters. The Morgan fingerprint density at radius 3 is 0.971 bits per heavy atom. The molecular weight excluding hydrogens is 865 g/mol. The zero-order valence-electron chi connectivity index (χ0n) is 44.8. The minimum absolute atomic E-state index is 0.871. The predicted molar refractivity (Wildman–Crippen MR) is 317 cm³/mol. The molecule has 1 heterocycles. The molecule has 70 heavy (non-hydrogen) atoms.